The first-order valence-electron chi connectivity index (χ1n) is 6.46. The van der Waals surface area contributed by atoms with Crippen LogP contribution in [0.3, 0.4) is 0 Å². The van der Waals surface area contributed by atoms with Crippen molar-refractivity contribution < 1.29 is 4.79 Å². The Morgan fingerprint density at radius 3 is 3.11 bits per heavy atom. The van der Waals surface area contributed by atoms with Gasteiger partial charge in [0.15, 0.2) is 0 Å². The van der Waals surface area contributed by atoms with Crippen LogP contribution in [-0.2, 0) is 4.79 Å². The average molecular weight is 247 g/mol. The molecule has 0 bridgehead atoms. The normalized spacial score (nSPS) is 20.7. The van der Waals surface area contributed by atoms with Gasteiger partial charge in [0.05, 0.1) is 6.54 Å². The van der Waals surface area contributed by atoms with E-state index in [0.717, 1.165) is 30.9 Å². The quantitative estimate of drug-likeness (QED) is 0.844. The maximum atomic E-state index is 12.0. The molecule has 1 fully saturated rings. The van der Waals surface area contributed by atoms with Crippen LogP contribution >= 0.6 is 0 Å². The smallest absolute Gasteiger partial charge is 0.238 e. The molecule has 2 rings (SSSR count). The number of rotatable bonds is 3. The van der Waals surface area contributed by atoms with Gasteiger partial charge in [0.2, 0.25) is 5.91 Å². The second kappa shape index (κ2) is 5.98. The highest BCUT2D eigenvalue weighted by molar-refractivity contribution is 5.92. The van der Waals surface area contributed by atoms with Gasteiger partial charge < -0.3 is 10.6 Å². The number of hydrogen-bond donors (Lipinski definition) is 2. The van der Waals surface area contributed by atoms with E-state index in [-0.39, 0.29) is 5.91 Å². The van der Waals surface area contributed by atoms with Gasteiger partial charge in [-0.2, -0.15) is 0 Å². The van der Waals surface area contributed by atoms with E-state index in [1.54, 1.807) is 0 Å². The Labute approximate surface area is 108 Å². The second-order valence-electron chi connectivity index (χ2n) is 4.94. The predicted molar refractivity (Wildman–Crippen MR) is 73.7 cm³/mol. The molecule has 1 aromatic carbocycles. The molecule has 0 aromatic heterocycles. The van der Waals surface area contributed by atoms with Gasteiger partial charge in [-0.3, -0.25) is 9.69 Å². The number of nitrogens with zero attached hydrogens (tertiary/aromatic N) is 1. The van der Waals surface area contributed by atoms with Crippen molar-refractivity contribution in [3.05, 3.63) is 29.8 Å². The number of benzene rings is 1. The van der Waals surface area contributed by atoms with E-state index in [2.05, 4.69) is 22.5 Å². The summed E-state index contributed by atoms with van der Waals surface area (Å²) >= 11 is 0. The van der Waals surface area contributed by atoms with Crippen molar-refractivity contribution in [1.82, 2.24) is 10.2 Å². The first-order chi connectivity index (χ1) is 8.65. The number of hydrogen-bond acceptors (Lipinski definition) is 3. The van der Waals surface area contributed by atoms with Crippen LogP contribution < -0.4 is 10.6 Å². The average Bonchev–Trinajstić information content (AvgIpc) is 2.32. The summed E-state index contributed by atoms with van der Waals surface area (Å²) in [6.45, 7) is 7.49. The summed E-state index contributed by atoms with van der Waals surface area (Å²) in [7, 11) is 0. The van der Waals surface area contributed by atoms with Gasteiger partial charge in [0.25, 0.3) is 0 Å². The van der Waals surface area contributed by atoms with E-state index in [4.69, 9.17) is 0 Å². The minimum Gasteiger partial charge on any atom is -0.325 e. The van der Waals surface area contributed by atoms with Crippen molar-refractivity contribution in [2.24, 2.45) is 0 Å². The van der Waals surface area contributed by atoms with Gasteiger partial charge >= 0.3 is 0 Å². The van der Waals surface area contributed by atoms with Gasteiger partial charge in [0.1, 0.15) is 0 Å². The minimum atomic E-state index is 0.0642. The highest BCUT2D eigenvalue weighted by Crippen LogP contribution is 2.10. The van der Waals surface area contributed by atoms with Gasteiger partial charge in [-0.25, -0.2) is 0 Å². The highest BCUT2D eigenvalue weighted by atomic mass is 16.2. The number of nitrogens with one attached hydrogen (secondary N) is 2. The molecule has 4 heteroatoms. The summed E-state index contributed by atoms with van der Waals surface area (Å²) in [5.41, 5.74) is 2.03. The first kappa shape index (κ1) is 13.1. The van der Waals surface area contributed by atoms with Crippen LogP contribution in [-0.4, -0.2) is 43.0 Å². The summed E-state index contributed by atoms with van der Waals surface area (Å²) < 4.78 is 0. The van der Waals surface area contributed by atoms with E-state index >= 15 is 0 Å². The van der Waals surface area contributed by atoms with Crippen LogP contribution in [0.2, 0.25) is 0 Å². The molecule has 1 heterocycles. The van der Waals surface area contributed by atoms with E-state index in [0.29, 0.717) is 12.6 Å². The Kier molecular flexibility index (Phi) is 4.33. The van der Waals surface area contributed by atoms with Crippen LogP contribution in [0.1, 0.15) is 12.5 Å². The molecule has 0 unspecified atom stereocenters. The molecule has 1 aliphatic heterocycles. The van der Waals surface area contributed by atoms with Crippen molar-refractivity contribution in [1.29, 1.82) is 0 Å². The number of amides is 1. The molecular formula is C14H21N3O. The molecule has 1 aliphatic rings. The third kappa shape index (κ3) is 3.55. The van der Waals surface area contributed by atoms with Crippen LogP contribution in [0.5, 0.6) is 0 Å². The monoisotopic (exact) mass is 247 g/mol. The van der Waals surface area contributed by atoms with Crippen LogP contribution in [0.25, 0.3) is 0 Å². The fourth-order valence-electron chi connectivity index (χ4n) is 2.23. The molecule has 0 radical (unpaired) electrons. The molecular weight excluding hydrogens is 226 g/mol. The van der Waals surface area contributed by atoms with Crippen LogP contribution in [0.4, 0.5) is 5.69 Å². The molecule has 0 spiro atoms. The van der Waals surface area contributed by atoms with E-state index in [1.807, 2.05) is 31.2 Å². The topological polar surface area (TPSA) is 44.4 Å². The molecule has 0 saturated carbocycles. The number of aryl methyl sites for hydroxylation is 1. The molecule has 4 nitrogen and oxygen atoms in total. The Morgan fingerprint density at radius 1 is 1.56 bits per heavy atom. The largest absolute Gasteiger partial charge is 0.325 e. The van der Waals surface area contributed by atoms with Crippen molar-refractivity contribution >= 4 is 11.6 Å². The molecule has 18 heavy (non-hydrogen) atoms. The third-order valence-electron chi connectivity index (χ3n) is 3.29. The molecule has 0 aliphatic carbocycles. The van der Waals surface area contributed by atoms with E-state index in [9.17, 15) is 4.79 Å². The lowest BCUT2D eigenvalue weighted by molar-refractivity contribution is -0.118. The summed E-state index contributed by atoms with van der Waals surface area (Å²) in [6, 6.07) is 8.31. The standard InChI is InChI=1S/C14H21N3O/c1-11-4-3-5-13(8-11)16-14(18)10-17-7-6-15-9-12(17)2/h3-5,8,12,15H,6-7,9-10H2,1-2H3,(H,16,18)/t12-/m1/s1. The number of anilines is 1. The fourth-order valence-corrected chi connectivity index (χ4v) is 2.23. The zero-order chi connectivity index (χ0) is 13.0. The first-order valence-corrected chi connectivity index (χ1v) is 6.46. The lowest BCUT2D eigenvalue weighted by Gasteiger charge is -2.33. The summed E-state index contributed by atoms with van der Waals surface area (Å²) in [6.07, 6.45) is 0. The van der Waals surface area contributed by atoms with Gasteiger partial charge in [0, 0.05) is 31.4 Å². The summed E-state index contributed by atoms with van der Waals surface area (Å²) in [5, 5.41) is 6.27. The lowest BCUT2D eigenvalue weighted by Crippen LogP contribution is -2.51. The molecule has 1 atom stereocenters. The molecule has 1 aromatic rings. The third-order valence-corrected chi connectivity index (χ3v) is 3.29. The van der Waals surface area contributed by atoms with Crippen LogP contribution in [0, 0.1) is 6.92 Å². The number of carbonyl (C=O) groups excluding carboxylic acids is 1. The maximum absolute atomic E-state index is 12.0. The van der Waals surface area contributed by atoms with Crippen LogP contribution in [0.15, 0.2) is 24.3 Å². The number of piperazine rings is 1. The summed E-state index contributed by atoms with van der Waals surface area (Å²) in [4.78, 5) is 14.2. The van der Waals surface area contributed by atoms with Gasteiger partial charge in [-0.1, -0.05) is 12.1 Å². The predicted octanol–water partition coefficient (Wildman–Crippen LogP) is 1.23. The minimum absolute atomic E-state index is 0.0642. The maximum Gasteiger partial charge on any atom is 0.238 e. The summed E-state index contributed by atoms with van der Waals surface area (Å²) in [5.74, 6) is 0.0642. The van der Waals surface area contributed by atoms with Crippen molar-refractivity contribution in [2.75, 3.05) is 31.5 Å². The van der Waals surface area contributed by atoms with Gasteiger partial charge in [-0.15, -0.1) is 0 Å². The fraction of sp³-hybridized carbons (Fsp3) is 0.500. The molecule has 2 N–H and O–H groups in total. The SMILES string of the molecule is Cc1cccc(NC(=O)CN2CCNC[C@H]2C)c1. The zero-order valence-electron chi connectivity index (χ0n) is 11.1. The van der Waals surface area contributed by atoms with Crippen molar-refractivity contribution in [2.45, 2.75) is 19.9 Å². The van der Waals surface area contributed by atoms with Crippen molar-refractivity contribution in [3.63, 3.8) is 0 Å². The Bertz CT molecular complexity index is 419. The highest BCUT2D eigenvalue weighted by Gasteiger charge is 2.20. The lowest BCUT2D eigenvalue weighted by atomic mass is 10.2. The second-order valence-corrected chi connectivity index (χ2v) is 4.94. The molecule has 1 amide bonds. The molecule has 98 valence electrons. The Balaban J connectivity index is 1.88. The number of carbonyl (C=O) groups is 1. The van der Waals surface area contributed by atoms with Gasteiger partial charge in [-0.05, 0) is 31.5 Å². The Morgan fingerprint density at radius 2 is 2.39 bits per heavy atom. The zero-order valence-corrected chi connectivity index (χ0v) is 11.1. The van der Waals surface area contributed by atoms with E-state index < -0.39 is 0 Å². The molecule has 1 saturated heterocycles. The Hall–Kier alpha value is -1.39. The van der Waals surface area contributed by atoms with E-state index in [1.165, 1.54) is 0 Å². The van der Waals surface area contributed by atoms with Crippen molar-refractivity contribution in [3.8, 4) is 0 Å².